The lowest BCUT2D eigenvalue weighted by molar-refractivity contribution is 0.570. The van der Waals surface area contributed by atoms with Crippen molar-refractivity contribution in [3.05, 3.63) is 0 Å². The van der Waals surface area contributed by atoms with E-state index in [4.69, 9.17) is 12.6 Å². The monoisotopic (exact) mass is 201 g/mol. The smallest absolute Gasteiger partial charge is 0.0151 e. The van der Waals surface area contributed by atoms with Gasteiger partial charge in [-0.3, -0.25) is 0 Å². The maximum Gasteiger partial charge on any atom is 0.0151 e. The molecular formula is C12H25S. The van der Waals surface area contributed by atoms with Crippen molar-refractivity contribution in [3.63, 3.8) is 0 Å². The molecule has 1 atom stereocenters. The molecule has 0 bridgehead atoms. The van der Waals surface area contributed by atoms with Gasteiger partial charge in [-0.15, -0.1) is 0 Å². The first-order chi connectivity index (χ1) is 6.31. The Morgan fingerprint density at radius 3 is 2.00 bits per heavy atom. The maximum atomic E-state index is 5.34. The van der Waals surface area contributed by atoms with Gasteiger partial charge in [0.1, 0.15) is 0 Å². The molecule has 0 nitrogen and oxygen atoms in total. The van der Waals surface area contributed by atoms with Gasteiger partial charge in [0.05, 0.1) is 0 Å². The molecule has 0 rings (SSSR count). The van der Waals surface area contributed by atoms with E-state index < -0.39 is 0 Å². The lowest BCUT2D eigenvalue weighted by Gasteiger charge is -2.07. The summed E-state index contributed by atoms with van der Waals surface area (Å²) >= 11 is 5.34. The first kappa shape index (κ1) is 13.4. The third-order valence-electron chi connectivity index (χ3n) is 2.49. The van der Waals surface area contributed by atoms with Crippen LogP contribution in [0.3, 0.4) is 0 Å². The first-order valence-electron chi connectivity index (χ1n) is 5.97. The Hall–Kier alpha value is 0.350. The summed E-state index contributed by atoms with van der Waals surface area (Å²) in [6, 6.07) is 0. The average Bonchev–Trinajstić information content (AvgIpc) is 2.11. The summed E-state index contributed by atoms with van der Waals surface area (Å²) in [6.07, 6.45) is 12.1. The second-order valence-electron chi connectivity index (χ2n) is 3.97. The molecule has 1 radical (unpaired) electrons. The second-order valence-corrected chi connectivity index (χ2v) is 4.63. The van der Waals surface area contributed by atoms with Crippen molar-refractivity contribution < 1.29 is 0 Å². The average molecular weight is 201 g/mol. The number of hydrogen-bond acceptors (Lipinski definition) is 0. The van der Waals surface area contributed by atoms with Crippen LogP contribution in [0, 0.1) is 0 Å². The van der Waals surface area contributed by atoms with Crippen LogP contribution in [0.15, 0.2) is 0 Å². The maximum absolute atomic E-state index is 5.34. The van der Waals surface area contributed by atoms with Crippen LogP contribution in [0.4, 0.5) is 0 Å². The number of unbranched alkanes of at least 4 members (excludes halogenated alkanes) is 5. The standard InChI is InChI=1S/C12H25S/c1-3-5-6-7-8-9-11-12(13)10-4-2/h12H,3-11H2,1-2H3. The van der Waals surface area contributed by atoms with E-state index in [1.165, 1.54) is 57.8 Å². The molecule has 1 unspecified atom stereocenters. The summed E-state index contributed by atoms with van der Waals surface area (Å²) in [7, 11) is 0. The molecule has 0 N–H and O–H groups in total. The predicted molar refractivity (Wildman–Crippen MR) is 64.3 cm³/mol. The molecule has 0 fully saturated rings. The van der Waals surface area contributed by atoms with Crippen LogP contribution in [0.2, 0.25) is 0 Å². The van der Waals surface area contributed by atoms with Gasteiger partial charge in [0, 0.05) is 5.25 Å². The highest BCUT2D eigenvalue weighted by molar-refractivity contribution is 7.80. The van der Waals surface area contributed by atoms with Gasteiger partial charge in [0.25, 0.3) is 0 Å². The molecule has 0 spiro atoms. The summed E-state index contributed by atoms with van der Waals surface area (Å²) in [5, 5.41) is 0.552. The van der Waals surface area contributed by atoms with Gasteiger partial charge in [-0.05, 0) is 12.8 Å². The summed E-state index contributed by atoms with van der Waals surface area (Å²) in [5.74, 6) is 0. The van der Waals surface area contributed by atoms with Crippen molar-refractivity contribution in [1.82, 2.24) is 0 Å². The molecule has 1 heteroatoms. The summed E-state index contributed by atoms with van der Waals surface area (Å²) in [5.41, 5.74) is 0. The van der Waals surface area contributed by atoms with E-state index >= 15 is 0 Å². The van der Waals surface area contributed by atoms with Crippen molar-refractivity contribution in [2.45, 2.75) is 76.9 Å². The molecule has 0 saturated carbocycles. The van der Waals surface area contributed by atoms with Crippen LogP contribution in [0.1, 0.15) is 71.6 Å². The molecule has 0 aliphatic heterocycles. The fourth-order valence-electron chi connectivity index (χ4n) is 1.62. The summed E-state index contributed by atoms with van der Waals surface area (Å²) in [4.78, 5) is 0. The van der Waals surface area contributed by atoms with E-state index in [2.05, 4.69) is 13.8 Å². The van der Waals surface area contributed by atoms with Gasteiger partial charge < -0.3 is 0 Å². The molecule has 0 aromatic rings. The van der Waals surface area contributed by atoms with E-state index in [-0.39, 0.29) is 0 Å². The van der Waals surface area contributed by atoms with Crippen LogP contribution in [-0.2, 0) is 0 Å². The Bertz CT molecular complexity index is 91.1. The minimum atomic E-state index is 0.552. The Labute approximate surface area is 89.9 Å². The van der Waals surface area contributed by atoms with Crippen molar-refractivity contribution in [2.24, 2.45) is 0 Å². The molecule has 0 heterocycles. The minimum absolute atomic E-state index is 0.552. The van der Waals surface area contributed by atoms with Crippen LogP contribution < -0.4 is 0 Å². The van der Waals surface area contributed by atoms with Crippen LogP contribution in [0.25, 0.3) is 0 Å². The molecule has 0 aromatic heterocycles. The van der Waals surface area contributed by atoms with Gasteiger partial charge >= 0.3 is 0 Å². The topological polar surface area (TPSA) is 0 Å². The lowest BCUT2D eigenvalue weighted by atomic mass is 10.1. The molecule has 0 saturated heterocycles. The third kappa shape index (κ3) is 10.3. The SMILES string of the molecule is CCCCCCCCC([S])CCC. The normalized spacial score (nSPS) is 13.2. The van der Waals surface area contributed by atoms with Crippen LogP contribution >= 0.6 is 12.6 Å². The quantitative estimate of drug-likeness (QED) is 0.455. The van der Waals surface area contributed by atoms with E-state index in [1.54, 1.807) is 0 Å². The second kappa shape index (κ2) is 10.4. The van der Waals surface area contributed by atoms with E-state index in [0.29, 0.717) is 5.25 Å². The highest BCUT2D eigenvalue weighted by Gasteiger charge is 2.01. The zero-order chi connectivity index (χ0) is 9.94. The minimum Gasteiger partial charge on any atom is -0.0904 e. The highest BCUT2D eigenvalue weighted by atomic mass is 32.1. The zero-order valence-electron chi connectivity index (χ0n) is 9.35. The number of rotatable bonds is 9. The third-order valence-corrected chi connectivity index (χ3v) is 2.96. The first-order valence-corrected chi connectivity index (χ1v) is 6.44. The number of hydrogen-bond donors (Lipinski definition) is 0. The van der Waals surface area contributed by atoms with Crippen molar-refractivity contribution in [1.29, 1.82) is 0 Å². The van der Waals surface area contributed by atoms with Crippen molar-refractivity contribution in [2.75, 3.05) is 0 Å². The molecular weight excluding hydrogens is 176 g/mol. The van der Waals surface area contributed by atoms with E-state index in [1.807, 2.05) is 0 Å². The van der Waals surface area contributed by atoms with Gasteiger partial charge in [-0.2, -0.15) is 0 Å². The highest BCUT2D eigenvalue weighted by Crippen LogP contribution is 2.14. The Balaban J connectivity index is 2.97. The van der Waals surface area contributed by atoms with Crippen LogP contribution in [-0.4, -0.2) is 5.25 Å². The fraction of sp³-hybridized carbons (Fsp3) is 1.00. The molecule has 0 aromatic carbocycles. The van der Waals surface area contributed by atoms with Crippen molar-refractivity contribution >= 4 is 12.6 Å². The summed E-state index contributed by atoms with van der Waals surface area (Å²) in [6.45, 7) is 4.49. The van der Waals surface area contributed by atoms with Gasteiger partial charge in [-0.1, -0.05) is 71.4 Å². The van der Waals surface area contributed by atoms with E-state index in [9.17, 15) is 0 Å². The van der Waals surface area contributed by atoms with Gasteiger partial charge in [0.2, 0.25) is 0 Å². The largest absolute Gasteiger partial charge is 0.0904 e. The van der Waals surface area contributed by atoms with Crippen LogP contribution in [0.5, 0.6) is 0 Å². The summed E-state index contributed by atoms with van der Waals surface area (Å²) < 4.78 is 0. The van der Waals surface area contributed by atoms with E-state index in [0.717, 1.165) is 0 Å². The van der Waals surface area contributed by atoms with Crippen molar-refractivity contribution in [3.8, 4) is 0 Å². The predicted octanol–water partition coefficient (Wildman–Crippen LogP) is 5.10. The molecule has 0 aliphatic carbocycles. The lowest BCUT2D eigenvalue weighted by Crippen LogP contribution is -1.97. The zero-order valence-corrected chi connectivity index (χ0v) is 10.2. The Morgan fingerprint density at radius 2 is 1.38 bits per heavy atom. The molecule has 13 heavy (non-hydrogen) atoms. The van der Waals surface area contributed by atoms with Gasteiger partial charge in [-0.25, -0.2) is 0 Å². The molecule has 79 valence electrons. The van der Waals surface area contributed by atoms with Gasteiger partial charge in [0.15, 0.2) is 0 Å². The fourth-order valence-corrected chi connectivity index (χ4v) is 2.02. The Morgan fingerprint density at radius 1 is 0.769 bits per heavy atom. The molecule has 0 aliphatic rings. The Kier molecular flexibility index (Phi) is 10.7. The molecule has 0 amide bonds.